The van der Waals surface area contributed by atoms with E-state index in [1.165, 1.54) is 0 Å². The second kappa shape index (κ2) is 11.4. The maximum atomic E-state index is 12.7. The van der Waals surface area contributed by atoms with Crippen LogP contribution in [0, 0.1) is 12.8 Å². The predicted octanol–water partition coefficient (Wildman–Crippen LogP) is 4.89. The normalized spacial score (nSPS) is 10.5. The Bertz CT molecular complexity index is 951. The van der Waals surface area contributed by atoms with Crippen molar-refractivity contribution in [3.8, 4) is 5.75 Å². The van der Waals surface area contributed by atoms with E-state index in [0.717, 1.165) is 20.9 Å². The molecule has 160 valence electrons. The summed E-state index contributed by atoms with van der Waals surface area (Å²) in [7, 11) is 0. The summed E-state index contributed by atoms with van der Waals surface area (Å²) in [5.74, 6) is 0.132. The fraction of sp³-hybridized carbons (Fsp3) is 0.286. The topological polar surface area (TPSA) is 79.5 Å². The molecule has 2 aromatic rings. The zero-order valence-electron chi connectivity index (χ0n) is 16.8. The highest BCUT2D eigenvalue weighted by atomic mass is 79.9. The molecule has 0 radical (unpaired) electrons. The van der Waals surface area contributed by atoms with Gasteiger partial charge in [-0.2, -0.15) is 0 Å². The van der Waals surface area contributed by atoms with E-state index in [4.69, 9.17) is 17.0 Å². The van der Waals surface area contributed by atoms with Gasteiger partial charge in [-0.25, -0.2) is 0 Å². The second-order valence-corrected chi connectivity index (χ2v) is 9.18. The molecule has 0 aliphatic heterocycles. The third kappa shape index (κ3) is 7.37. The van der Waals surface area contributed by atoms with Crippen LogP contribution in [0.4, 0.5) is 0 Å². The van der Waals surface area contributed by atoms with Crippen LogP contribution in [0.3, 0.4) is 0 Å². The third-order valence-corrected chi connectivity index (χ3v) is 5.64. The summed E-state index contributed by atoms with van der Waals surface area (Å²) in [6.45, 7) is 6.64. The summed E-state index contributed by atoms with van der Waals surface area (Å²) < 4.78 is 7.32. The van der Waals surface area contributed by atoms with Gasteiger partial charge in [-0.15, -0.1) is 0 Å². The van der Waals surface area contributed by atoms with Crippen molar-refractivity contribution < 1.29 is 14.3 Å². The molecule has 2 rings (SSSR count). The molecule has 2 aromatic carbocycles. The van der Waals surface area contributed by atoms with Crippen LogP contribution in [0.25, 0.3) is 0 Å². The van der Waals surface area contributed by atoms with Crippen LogP contribution in [0.15, 0.2) is 45.3 Å². The summed E-state index contributed by atoms with van der Waals surface area (Å²) in [5.41, 5.74) is 6.81. The van der Waals surface area contributed by atoms with E-state index in [9.17, 15) is 9.59 Å². The Hall–Kier alpha value is -1.97. The van der Waals surface area contributed by atoms with E-state index in [1.54, 1.807) is 30.3 Å². The summed E-state index contributed by atoms with van der Waals surface area (Å²) in [5, 5.41) is 2.51. The monoisotopic (exact) mass is 555 g/mol. The Balaban J connectivity index is 1.96. The number of hydrogen-bond donors (Lipinski definition) is 3. The lowest BCUT2D eigenvalue weighted by Gasteiger charge is -2.14. The van der Waals surface area contributed by atoms with Gasteiger partial charge in [0.1, 0.15) is 5.75 Å². The molecule has 0 unspecified atom stereocenters. The SMILES string of the molecule is Cc1ccc(C(=O)NNC(=S)NC(=O)c2cc(Br)ccc2OCCC(C)C)cc1Br. The molecule has 9 heteroatoms. The van der Waals surface area contributed by atoms with Crippen LogP contribution in [-0.2, 0) is 0 Å². The summed E-state index contributed by atoms with van der Waals surface area (Å²) in [6.07, 6.45) is 0.873. The lowest BCUT2D eigenvalue weighted by Crippen LogP contribution is -2.48. The lowest BCUT2D eigenvalue weighted by atomic mass is 10.1. The summed E-state index contributed by atoms with van der Waals surface area (Å²) in [6, 6.07) is 10.4. The van der Waals surface area contributed by atoms with Crippen LogP contribution in [0.1, 0.15) is 46.5 Å². The Morgan fingerprint density at radius 3 is 2.47 bits per heavy atom. The molecule has 0 aliphatic carbocycles. The molecule has 0 atom stereocenters. The van der Waals surface area contributed by atoms with Gasteiger partial charge in [-0.1, -0.05) is 51.8 Å². The fourth-order valence-corrected chi connectivity index (χ4v) is 3.22. The minimum Gasteiger partial charge on any atom is -0.493 e. The lowest BCUT2D eigenvalue weighted by molar-refractivity contribution is 0.0933. The van der Waals surface area contributed by atoms with E-state index >= 15 is 0 Å². The molecule has 0 saturated heterocycles. The molecule has 0 saturated carbocycles. The first-order chi connectivity index (χ1) is 14.2. The quantitative estimate of drug-likeness (QED) is 0.348. The number of ether oxygens (including phenoxy) is 1. The molecule has 30 heavy (non-hydrogen) atoms. The largest absolute Gasteiger partial charge is 0.493 e. The van der Waals surface area contributed by atoms with Gasteiger partial charge in [0.25, 0.3) is 11.8 Å². The van der Waals surface area contributed by atoms with Gasteiger partial charge in [-0.3, -0.25) is 25.8 Å². The van der Waals surface area contributed by atoms with E-state index in [1.807, 2.05) is 13.0 Å². The van der Waals surface area contributed by atoms with Crippen molar-refractivity contribution in [2.75, 3.05) is 6.61 Å². The Morgan fingerprint density at radius 2 is 1.80 bits per heavy atom. The number of carbonyl (C=O) groups excluding carboxylic acids is 2. The van der Waals surface area contributed by atoms with Crippen LogP contribution >= 0.6 is 44.1 Å². The zero-order valence-corrected chi connectivity index (χ0v) is 20.8. The highest BCUT2D eigenvalue weighted by Gasteiger charge is 2.16. The maximum Gasteiger partial charge on any atom is 0.269 e. The van der Waals surface area contributed by atoms with Crippen molar-refractivity contribution in [2.45, 2.75) is 27.2 Å². The van der Waals surface area contributed by atoms with Crippen molar-refractivity contribution in [3.05, 3.63) is 62.0 Å². The summed E-state index contributed by atoms with van der Waals surface area (Å²) >= 11 is 11.9. The van der Waals surface area contributed by atoms with E-state index in [-0.39, 0.29) is 11.0 Å². The first kappa shape index (κ1) is 24.3. The molecule has 6 nitrogen and oxygen atoms in total. The molecule has 2 amide bonds. The molecule has 0 bridgehead atoms. The molecule has 0 aromatic heterocycles. The Kier molecular flexibility index (Phi) is 9.26. The minimum atomic E-state index is -0.444. The molecule has 0 fully saturated rings. The number of benzene rings is 2. The first-order valence-corrected chi connectivity index (χ1v) is 11.3. The van der Waals surface area contributed by atoms with Crippen LogP contribution < -0.4 is 20.9 Å². The van der Waals surface area contributed by atoms with Gasteiger partial charge >= 0.3 is 0 Å². The minimum absolute atomic E-state index is 0.0346. The maximum absolute atomic E-state index is 12.7. The number of carbonyl (C=O) groups is 2. The molecule has 0 spiro atoms. The van der Waals surface area contributed by atoms with Crippen molar-refractivity contribution in [1.82, 2.24) is 16.2 Å². The van der Waals surface area contributed by atoms with E-state index in [2.05, 4.69) is 61.9 Å². The average Bonchev–Trinajstić information content (AvgIpc) is 2.69. The molecule has 3 N–H and O–H groups in total. The number of halogens is 2. The average molecular weight is 557 g/mol. The van der Waals surface area contributed by atoms with Gasteiger partial charge in [-0.05, 0) is 67.4 Å². The summed E-state index contributed by atoms with van der Waals surface area (Å²) in [4.78, 5) is 24.9. The van der Waals surface area contributed by atoms with Gasteiger partial charge in [0, 0.05) is 14.5 Å². The van der Waals surface area contributed by atoms with Crippen molar-refractivity contribution in [3.63, 3.8) is 0 Å². The fourth-order valence-electron chi connectivity index (χ4n) is 2.33. The molecular weight excluding hydrogens is 534 g/mol. The molecule has 0 aliphatic rings. The van der Waals surface area contributed by atoms with Crippen LogP contribution in [-0.4, -0.2) is 23.5 Å². The highest BCUT2D eigenvalue weighted by molar-refractivity contribution is 9.10. The number of hydrazine groups is 1. The van der Waals surface area contributed by atoms with Crippen molar-refractivity contribution in [2.24, 2.45) is 5.92 Å². The van der Waals surface area contributed by atoms with Crippen molar-refractivity contribution >= 4 is 61.0 Å². The Morgan fingerprint density at radius 1 is 1.07 bits per heavy atom. The standard InChI is InChI=1S/C21H23Br2N3O3S/c1-12(2)8-9-29-18-7-6-15(22)11-16(18)20(28)24-21(30)26-25-19(27)14-5-4-13(3)17(23)10-14/h4-7,10-12H,8-9H2,1-3H3,(H,25,27)(H2,24,26,28,30). The predicted molar refractivity (Wildman–Crippen MR) is 129 cm³/mol. The zero-order chi connectivity index (χ0) is 22.3. The van der Waals surface area contributed by atoms with Crippen LogP contribution in [0.2, 0.25) is 0 Å². The molecular formula is C21H23Br2N3O3S. The number of hydrogen-bond acceptors (Lipinski definition) is 4. The number of thiocarbonyl (C=S) groups is 1. The number of nitrogens with one attached hydrogen (secondary N) is 3. The van der Waals surface area contributed by atoms with E-state index in [0.29, 0.717) is 29.4 Å². The molecule has 0 heterocycles. The first-order valence-electron chi connectivity index (χ1n) is 9.27. The number of aryl methyl sites for hydroxylation is 1. The third-order valence-electron chi connectivity index (χ3n) is 4.09. The number of rotatable bonds is 6. The smallest absolute Gasteiger partial charge is 0.269 e. The van der Waals surface area contributed by atoms with Gasteiger partial charge in [0.05, 0.1) is 12.2 Å². The van der Waals surface area contributed by atoms with Gasteiger partial charge in [0.2, 0.25) is 0 Å². The van der Waals surface area contributed by atoms with Crippen molar-refractivity contribution in [1.29, 1.82) is 0 Å². The second-order valence-electron chi connectivity index (χ2n) is 7.00. The number of amides is 2. The van der Waals surface area contributed by atoms with E-state index < -0.39 is 5.91 Å². The van der Waals surface area contributed by atoms with Crippen LogP contribution in [0.5, 0.6) is 5.75 Å². The highest BCUT2D eigenvalue weighted by Crippen LogP contribution is 2.24. The Labute approximate surface area is 198 Å². The van der Waals surface area contributed by atoms with Gasteiger partial charge in [0.15, 0.2) is 5.11 Å². The van der Waals surface area contributed by atoms with Gasteiger partial charge < -0.3 is 4.74 Å².